The number of hydrogen-bond acceptors (Lipinski definition) is 2. The Bertz CT molecular complexity index is 630. The lowest BCUT2D eigenvalue weighted by molar-refractivity contribution is 1.30. The van der Waals surface area contributed by atoms with Crippen LogP contribution in [0.1, 0.15) is 23.6 Å². The van der Waals surface area contributed by atoms with Crippen molar-refractivity contribution in [2.45, 2.75) is 13.8 Å². The Morgan fingerprint density at radius 3 is 2.79 bits per heavy atom. The summed E-state index contributed by atoms with van der Waals surface area (Å²) in [7, 11) is 0. The van der Waals surface area contributed by atoms with Gasteiger partial charge in [-0.3, -0.25) is 9.98 Å². The van der Waals surface area contributed by atoms with Crippen molar-refractivity contribution in [3.8, 4) is 0 Å². The van der Waals surface area contributed by atoms with Crippen LogP contribution in [0.2, 0.25) is 0 Å². The first-order valence-electron chi connectivity index (χ1n) is 5.99. The van der Waals surface area contributed by atoms with Crippen molar-refractivity contribution in [1.29, 1.82) is 0 Å². The van der Waals surface area contributed by atoms with Crippen molar-refractivity contribution in [2.24, 2.45) is 4.99 Å². The smallest absolute Gasteiger partial charge is 0.0649 e. The van der Waals surface area contributed by atoms with E-state index >= 15 is 0 Å². The zero-order chi connectivity index (χ0) is 13.8. The summed E-state index contributed by atoms with van der Waals surface area (Å²) in [6.07, 6.45) is 3.51. The molecule has 1 heterocycles. The van der Waals surface area contributed by atoms with Crippen molar-refractivity contribution in [1.82, 2.24) is 4.98 Å². The Labute approximate surface area is 122 Å². The number of halogens is 1. The van der Waals surface area contributed by atoms with Gasteiger partial charge in [-0.2, -0.15) is 0 Å². The molecule has 0 saturated heterocycles. The molecule has 2 aromatic rings. The van der Waals surface area contributed by atoms with E-state index in [4.69, 9.17) is 0 Å². The van der Waals surface area contributed by atoms with Crippen molar-refractivity contribution in [3.05, 3.63) is 70.5 Å². The Hall–Kier alpha value is -1.74. The predicted octanol–water partition coefficient (Wildman–Crippen LogP) is 4.63. The summed E-state index contributed by atoms with van der Waals surface area (Å²) in [6.45, 7) is 8.08. The van der Waals surface area contributed by atoms with Crippen LogP contribution < -0.4 is 0 Å². The second-order valence-corrected chi connectivity index (χ2v) is 5.26. The summed E-state index contributed by atoms with van der Waals surface area (Å²) in [4.78, 5) is 8.66. The van der Waals surface area contributed by atoms with Gasteiger partial charge in [-0.15, -0.1) is 0 Å². The van der Waals surface area contributed by atoms with E-state index in [9.17, 15) is 0 Å². The van der Waals surface area contributed by atoms with Crippen molar-refractivity contribution in [2.75, 3.05) is 0 Å². The van der Waals surface area contributed by atoms with Gasteiger partial charge in [0.1, 0.15) is 0 Å². The van der Waals surface area contributed by atoms with E-state index in [1.54, 1.807) is 12.4 Å². The fourth-order valence-corrected chi connectivity index (χ4v) is 2.21. The monoisotopic (exact) mass is 314 g/mol. The normalized spacial score (nSPS) is 11.4. The average Bonchev–Trinajstić information content (AvgIpc) is 2.42. The van der Waals surface area contributed by atoms with Crippen LogP contribution in [0, 0.1) is 6.92 Å². The Morgan fingerprint density at radius 2 is 2.11 bits per heavy atom. The number of aromatic nitrogens is 1. The van der Waals surface area contributed by atoms with Gasteiger partial charge in [0.15, 0.2) is 0 Å². The minimum atomic E-state index is 0.727. The third-order valence-electron chi connectivity index (χ3n) is 2.89. The number of rotatable bonds is 3. The minimum absolute atomic E-state index is 0.727. The molecular weight excluding hydrogens is 300 g/mol. The lowest BCUT2D eigenvalue weighted by Gasteiger charge is -2.07. The highest BCUT2D eigenvalue weighted by molar-refractivity contribution is 9.10. The molecule has 0 aliphatic heterocycles. The molecule has 0 unspecified atom stereocenters. The third kappa shape index (κ3) is 3.38. The molecule has 0 atom stereocenters. The van der Waals surface area contributed by atoms with Crippen LogP contribution in [0.3, 0.4) is 0 Å². The van der Waals surface area contributed by atoms with E-state index in [2.05, 4.69) is 51.5 Å². The molecular formula is C16H15BrN2. The number of nitrogens with zero attached hydrogens (tertiary/aromatic N) is 2. The molecule has 96 valence electrons. The van der Waals surface area contributed by atoms with Crippen LogP contribution >= 0.6 is 15.9 Å². The fraction of sp³-hybridized carbons (Fsp3) is 0.125. The van der Waals surface area contributed by atoms with Gasteiger partial charge in [-0.25, -0.2) is 0 Å². The quantitative estimate of drug-likeness (QED) is 0.758. The molecule has 0 aliphatic carbocycles. The number of aliphatic imine (C=N–C) groups is 1. The summed E-state index contributed by atoms with van der Waals surface area (Å²) in [5, 5.41) is 0. The minimum Gasteiger partial charge on any atom is -0.264 e. The molecule has 2 nitrogen and oxygen atoms in total. The lowest BCUT2D eigenvalue weighted by atomic mass is 10.1. The molecule has 1 aromatic carbocycles. The second-order valence-electron chi connectivity index (χ2n) is 4.34. The topological polar surface area (TPSA) is 25.2 Å². The van der Waals surface area contributed by atoms with Crippen molar-refractivity contribution in [3.63, 3.8) is 0 Å². The highest BCUT2D eigenvalue weighted by atomic mass is 79.9. The molecule has 0 saturated carbocycles. The SMILES string of the molecule is C=C(N=C(C)c1cc(Br)ccc1C)c1cccnc1. The van der Waals surface area contributed by atoms with Gasteiger partial charge in [0.2, 0.25) is 0 Å². The van der Waals surface area contributed by atoms with Crippen LogP contribution in [0.25, 0.3) is 5.70 Å². The molecule has 1 aromatic heterocycles. The van der Waals surface area contributed by atoms with Gasteiger partial charge in [0.05, 0.1) is 5.70 Å². The largest absolute Gasteiger partial charge is 0.264 e. The first kappa shape index (κ1) is 13.7. The summed E-state index contributed by atoms with van der Waals surface area (Å²) in [5.41, 5.74) is 4.94. The molecule has 0 spiro atoms. The first-order chi connectivity index (χ1) is 9.08. The second kappa shape index (κ2) is 5.93. The van der Waals surface area contributed by atoms with Crippen LogP contribution in [0.15, 0.2) is 58.8 Å². The number of benzene rings is 1. The average molecular weight is 315 g/mol. The van der Waals surface area contributed by atoms with Crippen LogP contribution in [-0.4, -0.2) is 10.7 Å². The Morgan fingerprint density at radius 1 is 1.32 bits per heavy atom. The van der Waals surface area contributed by atoms with Gasteiger partial charge in [0.25, 0.3) is 0 Å². The number of hydrogen-bond donors (Lipinski definition) is 0. The van der Waals surface area contributed by atoms with Gasteiger partial charge >= 0.3 is 0 Å². The maximum absolute atomic E-state index is 4.58. The predicted molar refractivity (Wildman–Crippen MR) is 84.4 cm³/mol. The molecule has 0 N–H and O–H groups in total. The zero-order valence-corrected chi connectivity index (χ0v) is 12.6. The van der Waals surface area contributed by atoms with Gasteiger partial charge in [-0.05, 0) is 49.2 Å². The van der Waals surface area contributed by atoms with E-state index in [1.807, 2.05) is 25.1 Å². The third-order valence-corrected chi connectivity index (χ3v) is 3.38. The molecule has 0 amide bonds. The van der Waals surface area contributed by atoms with Crippen LogP contribution in [0.5, 0.6) is 0 Å². The van der Waals surface area contributed by atoms with Crippen molar-refractivity contribution >= 4 is 27.3 Å². The van der Waals surface area contributed by atoms with Gasteiger partial charge in [0, 0.05) is 28.1 Å². The lowest BCUT2D eigenvalue weighted by Crippen LogP contribution is -1.98. The Balaban J connectivity index is 2.33. The number of aryl methyl sites for hydroxylation is 1. The van der Waals surface area contributed by atoms with Crippen LogP contribution in [0.4, 0.5) is 0 Å². The summed E-state index contributed by atoms with van der Waals surface area (Å²) < 4.78 is 1.05. The van der Waals surface area contributed by atoms with E-state index < -0.39 is 0 Å². The molecule has 0 fully saturated rings. The summed E-state index contributed by atoms with van der Waals surface area (Å²) in [5.74, 6) is 0. The molecule has 0 radical (unpaired) electrons. The maximum atomic E-state index is 4.58. The van der Waals surface area contributed by atoms with E-state index in [0.29, 0.717) is 0 Å². The molecule has 19 heavy (non-hydrogen) atoms. The fourth-order valence-electron chi connectivity index (χ4n) is 1.84. The van der Waals surface area contributed by atoms with Crippen LogP contribution in [-0.2, 0) is 0 Å². The van der Waals surface area contributed by atoms with Gasteiger partial charge in [-0.1, -0.05) is 28.6 Å². The standard InChI is InChI=1S/C16H15BrN2/c1-11-6-7-15(17)9-16(11)13(3)19-12(2)14-5-4-8-18-10-14/h4-10H,2H2,1,3H3. The van der Waals surface area contributed by atoms with Crippen molar-refractivity contribution < 1.29 is 0 Å². The zero-order valence-electron chi connectivity index (χ0n) is 11.0. The summed E-state index contributed by atoms with van der Waals surface area (Å²) in [6, 6.07) is 10.0. The maximum Gasteiger partial charge on any atom is 0.0649 e. The van der Waals surface area contributed by atoms with Gasteiger partial charge < -0.3 is 0 Å². The number of pyridine rings is 1. The first-order valence-corrected chi connectivity index (χ1v) is 6.78. The highest BCUT2D eigenvalue weighted by Crippen LogP contribution is 2.19. The molecule has 0 bridgehead atoms. The molecule has 2 rings (SSSR count). The van der Waals surface area contributed by atoms with E-state index in [-0.39, 0.29) is 0 Å². The Kier molecular flexibility index (Phi) is 4.27. The molecule has 3 heteroatoms. The van der Waals surface area contributed by atoms with E-state index in [0.717, 1.165) is 27.0 Å². The molecule has 0 aliphatic rings. The summed E-state index contributed by atoms with van der Waals surface area (Å²) >= 11 is 3.49. The highest BCUT2D eigenvalue weighted by Gasteiger charge is 2.04. The van der Waals surface area contributed by atoms with E-state index in [1.165, 1.54) is 5.56 Å².